The molecule has 2 atom stereocenters. The van der Waals surface area contributed by atoms with Gasteiger partial charge in [0, 0.05) is 30.8 Å². The molecule has 1 fully saturated rings. The summed E-state index contributed by atoms with van der Waals surface area (Å²) in [6, 6.07) is 5.02. The van der Waals surface area contributed by atoms with Crippen molar-refractivity contribution in [2.75, 3.05) is 17.7 Å². The van der Waals surface area contributed by atoms with Crippen LogP contribution in [-0.2, 0) is 9.59 Å². The summed E-state index contributed by atoms with van der Waals surface area (Å²) in [5.41, 5.74) is 2.74. The smallest absolute Gasteiger partial charge is 0.386 e. The average molecular weight is 409 g/mol. The second kappa shape index (κ2) is 9.71. The quantitative estimate of drug-likeness (QED) is 0.603. The van der Waals surface area contributed by atoms with Gasteiger partial charge >= 0.3 is 6.18 Å². The highest BCUT2D eigenvalue weighted by Crippen LogP contribution is 2.38. The standard InChI is InChI=1S/C21H26F3N3O2/c1-4-6-13(2)12-26-18-11-14(9-10-17(18)25-3)27-20(29)16-8-5-7-15(16)19(28)21(22,23)24/h6,9-12,15-16,25H,4-5,7-8H2,1-3H3,(H,27,29)/b13-6+,26-12?. The summed E-state index contributed by atoms with van der Waals surface area (Å²) >= 11 is 0. The fraction of sp³-hybridized carbons (Fsp3) is 0.476. The first kappa shape index (κ1) is 22.6. The van der Waals surface area contributed by atoms with Gasteiger partial charge in [-0.1, -0.05) is 19.4 Å². The van der Waals surface area contributed by atoms with E-state index in [0.29, 0.717) is 17.8 Å². The van der Waals surface area contributed by atoms with Gasteiger partial charge in [-0.2, -0.15) is 13.2 Å². The van der Waals surface area contributed by atoms with E-state index >= 15 is 0 Å². The van der Waals surface area contributed by atoms with Gasteiger partial charge in [0.25, 0.3) is 0 Å². The highest BCUT2D eigenvalue weighted by atomic mass is 19.4. The van der Waals surface area contributed by atoms with Crippen molar-refractivity contribution in [3.05, 3.63) is 29.8 Å². The first-order valence-corrected chi connectivity index (χ1v) is 9.61. The summed E-state index contributed by atoms with van der Waals surface area (Å²) in [7, 11) is 1.74. The summed E-state index contributed by atoms with van der Waals surface area (Å²) in [5.74, 6) is -4.68. The third-order valence-corrected chi connectivity index (χ3v) is 4.94. The largest absolute Gasteiger partial charge is 0.450 e. The van der Waals surface area contributed by atoms with Crippen LogP contribution in [0.4, 0.5) is 30.2 Å². The van der Waals surface area contributed by atoms with Crippen molar-refractivity contribution >= 4 is 35.0 Å². The molecule has 29 heavy (non-hydrogen) atoms. The molecular formula is C21H26F3N3O2. The second-order valence-corrected chi connectivity index (χ2v) is 7.09. The Labute approximate surface area is 168 Å². The third-order valence-electron chi connectivity index (χ3n) is 4.94. The molecule has 2 N–H and O–H groups in total. The molecular weight excluding hydrogens is 383 g/mol. The van der Waals surface area contributed by atoms with Crippen molar-refractivity contribution in [2.45, 2.75) is 45.7 Å². The lowest BCUT2D eigenvalue weighted by atomic mass is 9.90. The molecule has 1 aromatic rings. The van der Waals surface area contributed by atoms with Gasteiger partial charge in [-0.05, 0) is 50.0 Å². The summed E-state index contributed by atoms with van der Waals surface area (Å²) in [6.07, 6.45) is 0.445. The van der Waals surface area contributed by atoms with E-state index < -0.39 is 29.7 Å². The number of carbonyl (C=O) groups is 2. The minimum Gasteiger partial charge on any atom is -0.386 e. The maximum atomic E-state index is 12.8. The van der Waals surface area contributed by atoms with E-state index in [-0.39, 0.29) is 12.8 Å². The van der Waals surface area contributed by atoms with Gasteiger partial charge in [-0.15, -0.1) is 0 Å². The number of nitrogens with zero attached hydrogens (tertiary/aromatic N) is 1. The molecule has 0 spiro atoms. The number of ketones is 1. The Kier molecular flexibility index (Phi) is 7.59. The van der Waals surface area contributed by atoms with Gasteiger partial charge in [-0.3, -0.25) is 14.6 Å². The Morgan fingerprint density at radius 1 is 1.24 bits per heavy atom. The molecule has 2 rings (SSSR count). The number of rotatable bonds is 7. The van der Waals surface area contributed by atoms with Crippen LogP contribution in [-0.4, -0.2) is 31.1 Å². The molecule has 1 aliphatic rings. The van der Waals surface area contributed by atoms with E-state index in [9.17, 15) is 22.8 Å². The fourth-order valence-corrected chi connectivity index (χ4v) is 3.51. The van der Waals surface area contributed by atoms with Crippen molar-refractivity contribution < 1.29 is 22.8 Å². The van der Waals surface area contributed by atoms with E-state index in [4.69, 9.17) is 0 Å². The molecule has 0 radical (unpaired) electrons. The molecule has 0 bridgehead atoms. The van der Waals surface area contributed by atoms with Crippen LogP contribution in [0.25, 0.3) is 0 Å². The van der Waals surface area contributed by atoms with Gasteiger partial charge in [0.15, 0.2) is 0 Å². The van der Waals surface area contributed by atoms with Crippen molar-refractivity contribution in [3.8, 4) is 0 Å². The molecule has 1 aliphatic carbocycles. The van der Waals surface area contributed by atoms with Crippen molar-refractivity contribution in [2.24, 2.45) is 16.8 Å². The lowest BCUT2D eigenvalue weighted by Crippen LogP contribution is -2.37. The summed E-state index contributed by atoms with van der Waals surface area (Å²) < 4.78 is 38.4. The lowest BCUT2D eigenvalue weighted by molar-refractivity contribution is -0.177. The Morgan fingerprint density at radius 2 is 1.93 bits per heavy atom. The molecule has 8 heteroatoms. The summed E-state index contributed by atoms with van der Waals surface area (Å²) in [5, 5.41) is 5.66. The predicted molar refractivity (Wildman–Crippen MR) is 109 cm³/mol. The second-order valence-electron chi connectivity index (χ2n) is 7.09. The van der Waals surface area contributed by atoms with E-state index in [2.05, 4.69) is 15.6 Å². The lowest BCUT2D eigenvalue weighted by Gasteiger charge is -2.19. The number of amides is 1. The number of nitrogens with one attached hydrogen (secondary N) is 2. The van der Waals surface area contributed by atoms with Gasteiger partial charge < -0.3 is 10.6 Å². The van der Waals surface area contributed by atoms with Crippen LogP contribution >= 0.6 is 0 Å². The fourth-order valence-electron chi connectivity index (χ4n) is 3.51. The maximum absolute atomic E-state index is 12.8. The van der Waals surface area contributed by atoms with Crippen LogP contribution in [0.1, 0.15) is 39.5 Å². The minimum atomic E-state index is -4.92. The zero-order valence-corrected chi connectivity index (χ0v) is 16.8. The van der Waals surface area contributed by atoms with E-state index in [1.807, 2.05) is 19.9 Å². The van der Waals surface area contributed by atoms with Crippen LogP contribution in [0.5, 0.6) is 0 Å². The average Bonchev–Trinajstić information content (AvgIpc) is 3.15. The molecule has 0 aliphatic heterocycles. The van der Waals surface area contributed by atoms with Gasteiger partial charge in [0.1, 0.15) is 0 Å². The van der Waals surface area contributed by atoms with Crippen LogP contribution < -0.4 is 10.6 Å². The molecule has 0 aromatic heterocycles. The first-order chi connectivity index (χ1) is 13.7. The van der Waals surface area contributed by atoms with Crippen LogP contribution in [0, 0.1) is 11.8 Å². The van der Waals surface area contributed by atoms with Crippen LogP contribution in [0.3, 0.4) is 0 Å². The zero-order chi connectivity index (χ0) is 21.6. The number of hydrogen-bond acceptors (Lipinski definition) is 4. The van der Waals surface area contributed by atoms with Gasteiger partial charge in [0.2, 0.25) is 11.7 Å². The topological polar surface area (TPSA) is 70.6 Å². The zero-order valence-electron chi connectivity index (χ0n) is 16.8. The first-order valence-electron chi connectivity index (χ1n) is 9.61. The molecule has 0 heterocycles. The number of halogens is 3. The number of carbonyl (C=O) groups excluding carboxylic acids is 2. The van der Waals surface area contributed by atoms with Gasteiger partial charge in [0.05, 0.1) is 11.4 Å². The SMILES string of the molecule is CC/C=C(\C)C=Nc1cc(NC(=O)C2CCCC2C(=O)C(F)(F)F)ccc1NC. The van der Waals surface area contributed by atoms with Gasteiger partial charge in [-0.25, -0.2) is 0 Å². The number of anilines is 2. The summed E-state index contributed by atoms with van der Waals surface area (Å²) in [6.45, 7) is 3.95. The van der Waals surface area contributed by atoms with Crippen molar-refractivity contribution in [3.63, 3.8) is 0 Å². The maximum Gasteiger partial charge on any atom is 0.450 e. The van der Waals surface area contributed by atoms with Crippen molar-refractivity contribution in [1.29, 1.82) is 0 Å². The number of benzene rings is 1. The molecule has 0 saturated heterocycles. The minimum absolute atomic E-state index is 0.0771. The third kappa shape index (κ3) is 5.92. The Hall–Kier alpha value is -2.64. The van der Waals surface area contributed by atoms with E-state index in [1.165, 1.54) is 0 Å². The normalized spacial score (nSPS) is 20.1. The highest BCUT2D eigenvalue weighted by molar-refractivity contribution is 5.98. The Morgan fingerprint density at radius 3 is 2.55 bits per heavy atom. The molecule has 1 saturated carbocycles. The Balaban J connectivity index is 2.19. The predicted octanol–water partition coefficient (Wildman–Crippen LogP) is 5.27. The van der Waals surface area contributed by atoms with Crippen LogP contribution in [0.2, 0.25) is 0 Å². The highest BCUT2D eigenvalue weighted by Gasteiger charge is 2.49. The molecule has 5 nitrogen and oxygen atoms in total. The summed E-state index contributed by atoms with van der Waals surface area (Å²) in [4.78, 5) is 28.6. The number of aliphatic imine (C=N–C) groups is 1. The van der Waals surface area contributed by atoms with Crippen molar-refractivity contribution in [1.82, 2.24) is 0 Å². The number of alkyl halides is 3. The monoisotopic (exact) mass is 409 g/mol. The number of allylic oxidation sites excluding steroid dienone is 2. The van der Waals surface area contributed by atoms with E-state index in [0.717, 1.165) is 17.7 Å². The molecule has 1 aromatic carbocycles. The number of hydrogen-bond donors (Lipinski definition) is 2. The molecule has 158 valence electrons. The molecule has 1 amide bonds. The molecule has 2 unspecified atom stereocenters. The Bertz CT molecular complexity index is 816. The number of Topliss-reactive ketones (excluding diaryl/α,β-unsaturated/α-hetero) is 1. The van der Waals surface area contributed by atoms with E-state index in [1.54, 1.807) is 31.5 Å². The van der Waals surface area contributed by atoms with Crippen LogP contribution in [0.15, 0.2) is 34.8 Å².